The van der Waals surface area contributed by atoms with Gasteiger partial charge in [0.1, 0.15) is 5.82 Å². The van der Waals surface area contributed by atoms with Gasteiger partial charge in [0.2, 0.25) is 0 Å². The highest BCUT2D eigenvalue weighted by Crippen LogP contribution is 2.16. The van der Waals surface area contributed by atoms with E-state index in [2.05, 4.69) is 9.97 Å². The average molecular weight is 280 g/mol. The highest BCUT2D eigenvalue weighted by Gasteiger charge is 2.11. The number of hydrogen-bond acceptors (Lipinski definition) is 3. The summed E-state index contributed by atoms with van der Waals surface area (Å²) in [5, 5.41) is 0. The van der Waals surface area contributed by atoms with Crippen LogP contribution in [-0.4, -0.2) is 15.8 Å². The maximum atomic E-state index is 13.3. The third-order valence-electron chi connectivity index (χ3n) is 3.45. The van der Waals surface area contributed by atoms with Gasteiger partial charge in [-0.2, -0.15) is 0 Å². The summed E-state index contributed by atoms with van der Waals surface area (Å²) >= 11 is 0. The van der Waals surface area contributed by atoms with Gasteiger partial charge in [-0.1, -0.05) is 6.07 Å². The summed E-state index contributed by atoms with van der Waals surface area (Å²) in [5.74, 6) is -0.385. The largest absolute Gasteiger partial charge is 0.294 e. The first-order valence-corrected chi connectivity index (χ1v) is 6.62. The SMILES string of the molecule is Cc1ccc(F)cc1CC(=O)c1ccc2nccnc2c1. The molecule has 104 valence electrons. The van der Waals surface area contributed by atoms with Crippen molar-refractivity contribution in [2.45, 2.75) is 13.3 Å². The lowest BCUT2D eigenvalue weighted by molar-refractivity contribution is 0.0993. The van der Waals surface area contributed by atoms with Gasteiger partial charge in [-0.05, 0) is 48.4 Å². The fourth-order valence-corrected chi connectivity index (χ4v) is 2.24. The molecule has 0 fully saturated rings. The number of fused-ring (bicyclic) bond motifs is 1. The van der Waals surface area contributed by atoms with Gasteiger partial charge in [-0.3, -0.25) is 14.8 Å². The van der Waals surface area contributed by atoms with Gasteiger partial charge in [0, 0.05) is 24.4 Å². The van der Waals surface area contributed by atoms with E-state index in [1.165, 1.54) is 12.1 Å². The van der Waals surface area contributed by atoms with Crippen molar-refractivity contribution < 1.29 is 9.18 Å². The number of ketones is 1. The number of hydrogen-bond donors (Lipinski definition) is 0. The van der Waals surface area contributed by atoms with E-state index in [4.69, 9.17) is 0 Å². The number of nitrogens with zero attached hydrogens (tertiary/aromatic N) is 2. The molecule has 0 atom stereocenters. The van der Waals surface area contributed by atoms with E-state index in [0.29, 0.717) is 16.6 Å². The number of Topliss-reactive ketones (excluding diaryl/α,β-unsaturated/α-hetero) is 1. The van der Waals surface area contributed by atoms with Crippen LogP contribution >= 0.6 is 0 Å². The first-order chi connectivity index (χ1) is 10.1. The van der Waals surface area contributed by atoms with Gasteiger partial charge in [-0.15, -0.1) is 0 Å². The number of rotatable bonds is 3. The normalized spacial score (nSPS) is 10.8. The third-order valence-corrected chi connectivity index (χ3v) is 3.45. The van der Waals surface area contributed by atoms with Gasteiger partial charge in [0.15, 0.2) is 5.78 Å². The smallest absolute Gasteiger partial charge is 0.167 e. The lowest BCUT2D eigenvalue weighted by atomic mass is 9.99. The van der Waals surface area contributed by atoms with Gasteiger partial charge >= 0.3 is 0 Å². The van der Waals surface area contributed by atoms with E-state index < -0.39 is 0 Å². The van der Waals surface area contributed by atoms with Gasteiger partial charge in [0.05, 0.1) is 11.0 Å². The van der Waals surface area contributed by atoms with Crippen molar-refractivity contribution in [2.75, 3.05) is 0 Å². The fourth-order valence-electron chi connectivity index (χ4n) is 2.24. The minimum Gasteiger partial charge on any atom is -0.294 e. The lowest BCUT2D eigenvalue weighted by Crippen LogP contribution is -2.05. The van der Waals surface area contributed by atoms with E-state index in [0.717, 1.165) is 11.1 Å². The zero-order chi connectivity index (χ0) is 14.8. The molecule has 3 rings (SSSR count). The number of halogens is 1. The first kappa shape index (κ1) is 13.4. The van der Waals surface area contributed by atoms with Crippen LogP contribution in [0.2, 0.25) is 0 Å². The quantitative estimate of drug-likeness (QED) is 0.690. The van der Waals surface area contributed by atoms with Crippen LogP contribution in [0, 0.1) is 12.7 Å². The maximum Gasteiger partial charge on any atom is 0.167 e. The topological polar surface area (TPSA) is 42.9 Å². The summed E-state index contributed by atoms with van der Waals surface area (Å²) in [6, 6.07) is 9.72. The van der Waals surface area contributed by atoms with Crippen molar-refractivity contribution in [1.82, 2.24) is 9.97 Å². The minimum atomic E-state index is -0.326. The Bertz CT molecular complexity index is 830. The molecule has 21 heavy (non-hydrogen) atoms. The van der Waals surface area contributed by atoms with Crippen LogP contribution in [0.5, 0.6) is 0 Å². The molecule has 0 amide bonds. The summed E-state index contributed by atoms with van der Waals surface area (Å²) in [4.78, 5) is 20.7. The van der Waals surface area contributed by atoms with Crippen molar-refractivity contribution in [1.29, 1.82) is 0 Å². The highest BCUT2D eigenvalue weighted by atomic mass is 19.1. The Labute approximate surface area is 121 Å². The molecular formula is C17H13FN2O. The molecule has 3 nitrogen and oxygen atoms in total. The zero-order valence-corrected chi connectivity index (χ0v) is 11.5. The van der Waals surface area contributed by atoms with Crippen molar-refractivity contribution >= 4 is 16.8 Å². The van der Waals surface area contributed by atoms with Crippen molar-refractivity contribution in [3.05, 3.63) is 71.3 Å². The third kappa shape index (κ3) is 2.79. The maximum absolute atomic E-state index is 13.3. The van der Waals surface area contributed by atoms with Gasteiger partial charge in [-0.25, -0.2) is 4.39 Å². The second kappa shape index (κ2) is 5.40. The van der Waals surface area contributed by atoms with E-state index in [1.807, 2.05) is 6.92 Å². The summed E-state index contributed by atoms with van der Waals surface area (Å²) in [6.45, 7) is 1.87. The van der Waals surface area contributed by atoms with E-state index >= 15 is 0 Å². The van der Waals surface area contributed by atoms with Crippen LogP contribution < -0.4 is 0 Å². The van der Waals surface area contributed by atoms with Gasteiger partial charge in [0.25, 0.3) is 0 Å². The summed E-state index contributed by atoms with van der Waals surface area (Å²) in [5.41, 5.74) is 3.60. The Hall–Kier alpha value is -2.62. The van der Waals surface area contributed by atoms with Crippen LogP contribution in [0.4, 0.5) is 4.39 Å². The van der Waals surface area contributed by atoms with Crippen LogP contribution in [-0.2, 0) is 6.42 Å². The van der Waals surface area contributed by atoms with Crippen LogP contribution in [0.1, 0.15) is 21.5 Å². The molecule has 1 aromatic heterocycles. The second-order valence-electron chi connectivity index (χ2n) is 4.93. The molecule has 2 aromatic carbocycles. The molecule has 0 saturated carbocycles. The van der Waals surface area contributed by atoms with E-state index in [9.17, 15) is 9.18 Å². The standard InChI is InChI=1S/C17H13FN2O/c1-11-2-4-14(18)8-13(11)10-17(21)12-3-5-15-16(9-12)20-7-6-19-15/h2-9H,10H2,1H3. The summed E-state index contributed by atoms with van der Waals surface area (Å²) in [7, 11) is 0. The predicted molar refractivity (Wildman–Crippen MR) is 78.7 cm³/mol. The molecule has 1 heterocycles. The molecule has 0 aliphatic rings. The number of aromatic nitrogens is 2. The van der Waals surface area contributed by atoms with Crippen molar-refractivity contribution in [3.8, 4) is 0 Å². The molecule has 0 spiro atoms. The van der Waals surface area contributed by atoms with E-state index in [1.54, 1.807) is 36.7 Å². The summed E-state index contributed by atoms with van der Waals surface area (Å²) < 4.78 is 13.3. The Morgan fingerprint density at radius 3 is 2.62 bits per heavy atom. The number of benzene rings is 2. The monoisotopic (exact) mass is 280 g/mol. The van der Waals surface area contributed by atoms with Crippen LogP contribution in [0.15, 0.2) is 48.8 Å². The summed E-state index contributed by atoms with van der Waals surface area (Å²) in [6.07, 6.45) is 3.38. The Balaban J connectivity index is 1.91. The van der Waals surface area contributed by atoms with Crippen molar-refractivity contribution in [2.24, 2.45) is 0 Å². The average Bonchev–Trinajstić information content (AvgIpc) is 2.50. The zero-order valence-electron chi connectivity index (χ0n) is 11.5. The van der Waals surface area contributed by atoms with Crippen LogP contribution in [0.3, 0.4) is 0 Å². The molecule has 0 N–H and O–H groups in total. The molecular weight excluding hydrogens is 267 g/mol. The van der Waals surface area contributed by atoms with Gasteiger partial charge < -0.3 is 0 Å². The molecule has 0 unspecified atom stereocenters. The number of aryl methyl sites for hydroxylation is 1. The number of carbonyl (C=O) groups excluding carboxylic acids is 1. The Morgan fingerprint density at radius 2 is 1.81 bits per heavy atom. The molecule has 4 heteroatoms. The molecule has 0 saturated heterocycles. The first-order valence-electron chi connectivity index (χ1n) is 6.62. The fraction of sp³-hybridized carbons (Fsp3) is 0.118. The molecule has 0 aliphatic heterocycles. The molecule has 0 radical (unpaired) electrons. The van der Waals surface area contributed by atoms with Crippen molar-refractivity contribution in [3.63, 3.8) is 0 Å². The molecule has 0 aliphatic carbocycles. The lowest BCUT2D eigenvalue weighted by Gasteiger charge is -2.06. The van der Waals surface area contributed by atoms with Crippen LogP contribution in [0.25, 0.3) is 11.0 Å². The second-order valence-corrected chi connectivity index (χ2v) is 4.93. The minimum absolute atomic E-state index is 0.0590. The molecule has 3 aromatic rings. The highest BCUT2D eigenvalue weighted by molar-refractivity contribution is 6.00. The van der Waals surface area contributed by atoms with E-state index in [-0.39, 0.29) is 18.0 Å². The Kier molecular flexibility index (Phi) is 3.44. The number of carbonyl (C=O) groups is 1. The molecule has 0 bridgehead atoms. The Morgan fingerprint density at radius 1 is 1.05 bits per heavy atom. The predicted octanol–water partition coefficient (Wildman–Crippen LogP) is 3.50.